The first-order valence-electron chi connectivity index (χ1n) is 3.65. The number of rotatable bonds is 1. The SMILES string of the molecule is CC1=C(C=O)CN2C=CSC2=N1. The summed E-state index contributed by atoms with van der Waals surface area (Å²) in [6.45, 7) is 2.53. The predicted octanol–water partition coefficient (Wildman–Crippen LogP) is 1.35. The largest absolute Gasteiger partial charge is 0.322 e. The molecule has 0 spiro atoms. The van der Waals surface area contributed by atoms with Crippen LogP contribution in [0.2, 0.25) is 0 Å². The third-order valence-corrected chi connectivity index (χ3v) is 2.67. The highest BCUT2D eigenvalue weighted by atomic mass is 32.2. The predicted molar refractivity (Wildman–Crippen MR) is 49.6 cm³/mol. The van der Waals surface area contributed by atoms with Gasteiger partial charge in [-0.25, -0.2) is 4.99 Å². The number of carbonyl (C=O) groups is 1. The molecule has 0 aliphatic carbocycles. The zero-order valence-electron chi connectivity index (χ0n) is 6.65. The zero-order valence-corrected chi connectivity index (χ0v) is 7.47. The van der Waals surface area contributed by atoms with E-state index in [4.69, 9.17) is 0 Å². The van der Waals surface area contributed by atoms with Gasteiger partial charge < -0.3 is 4.90 Å². The molecule has 0 aromatic rings. The van der Waals surface area contributed by atoms with Crippen LogP contribution in [0.1, 0.15) is 6.92 Å². The van der Waals surface area contributed by atoms with Gasteiger partial charge in [-0.1, -0.05) is 11.8 Å². The van der Waals surface area contributed by atoms with Crippen LogP contribution in [-0.4, -0.2) is 22.9 Å². The summed E-state index contributed by atoms with van der Waals surface area (Å²) < 4.78 is 0. The zero-order chi connectivity index (χ0) is 8.55. The van der Waals surface area contributed by atoms with Crippen molar-refractivity contribution >= 4 is 23.2 Å². The maximum Gasteiger partial charge on any atom is 0.172 e. The summed E-state index contributed by atoms with van der Waals surface area (Å²) in [5.74, 6) is 0. The van der Waals surface area contributed by atoms with E-state index in [0.717, 1.165) is 22.7 Å². The van der Waals surface area contributed by atoms with Gasteiger partial charge in [-0.15, -0.1) is 0 Å². The highest BCUT2D eigenvalue weighted by molar-refractivity contribution is 8.16. The smallest absolute Gasteiger partial charge is 0.172 e. The van der Waals surface area contributed by atoms with Crippen LogP contribution < -0.4 is 0 Å². The summed E-state index contributed by atoms with van der Waals surface area (Å²) >= 11 is 1.59. The summed E-state index contributed by atoms with van der Waals surface area (Å²) in [6.07, 6.45) is 2.83. The van der Waals surface area contributed by atoms with Gasteiger partial charge in [0.2, 0.25) is 0 Å². The molecule has 0 fully saturated rings. The van der Waals surface area contributed by atoms with Crippen LogP contribution in [0.15, 0.2) is 27.9 Å². The number of carbonyl (C=O) groups excluding carboxylic acids is 1. The molecule has 0 bridgehead atoms. The van der Waals surface area contributed by atoms with E-state index in [9.17, 15) is 4.79 Å². The molecule has 0 aromatic heterocycles. The Balaban J connectivity index is 2.35. The number of hydrogen-bond donors (Lipinski definition) is 0. The van der Waals surface area contributed by atoms with Crippen molar-refractivity contribution in [3.8, 4) is 0 Å². The Bertz CT molecular complexity index is 317. The molecule has 0 unspecified atom stereocenters. The van der Waals surface area contributed by atoms with Crippen LogP contribution in [0.5, 0.6) is 0 Å². The topological polar surface area (TPSA) is 32.7 Å². The van der Waals surface area contributed by atoms with E-state index in [1.807, 2.05) is 23.4 Å². The molecule has 2 rings (SSSR count). The van der Waals surface area contributed by atoms with Crippen LogP contribution >= 0.6 is 11.8 Å². The average Bonchev–Trinajstić information content (AvgIpc) is 2.49. The number of amidine groups is 1. The molecule has 0 saturated heterocycles. The maximum absolute atomic E-state index is 10.6. The van der Waals surface area contributed by atoms with E-state index in [2.05, 4.69) is 4.99 Å². The molecular formula is C8H8N2OS. The normalized spacial score (nSPS) is 21.1. The third-order valence-electron chi connectivity index (χ3n) is 1.87. The first-order chi connectivity index (χ1) is 5.81. The summed E-state index contributed by atoms with van der Waals surface area (Å²) in [5.41, 5.74) is 1.61. The lowest BCUT2D eigenvalue weighted by molar-refractivity contribution is -0.105. The fourth-order valence-electron chi connectivity index (χ4n) is 1.14. The molecular weight excluding hydrogens is 172 g/mol. The standard InChI is InChI=1S/C8H8N2OS/c1-6-7(5-11)4-10-2-3-12-8(10)9-6/h2-3,5H,4H2,1H3. The fourth-order valence-corrected chi connectivity index (χ4v) is 1.92. The van der Waals surface area contributed by atoms with Crippen molar-refractivity contribution in [1.82, 2.24) is 4.90 Å². The van der Waals surface area contributed by atoms with E-state index in [-0.39, 0.29) is 0 Å². The lowest BCUT2D eigenvalue weighted by Crippen LogP contribution is -2.26. The minimum absolute atomic E-state index is 0.664. The Morgan fingerprint density at radius 3 is 3.33 bits per heavy atom. The molecule has 2 heterocycles. The van der Waals surface area contributed by atoms with Crippen molar-refractivity contribution in [2.45, 2.75) is 6.92 Å². The maximum atomic E-state index is 10.6. The lowest BCUT2D eigenvalue weighted by Gasteiger charge is -2.21. The van der Waals surface area contributed by atoms with Crippen LogP contribution in [0.4, 0.5) is 0 Å². The van der Waals surface area contributed by atoms with Crippen molar-refractivity contribution in [2.75, 3.05) is 6.54 Å². The average molecular weight is 180 g/mol. The molecule has 0 amide bonds. The van der Waals surface area contributed by atoms with Crippen LogP contribution in [0.3, 0.4) is 0 Å². The van der Waals surface area contributed by atoms with Crippen molar-refractivity contribution in [3.05, 3.63) is 22.9 Å². The molecule has 2 aliphatic rings. The van der Waals surface area contributed by atoms with Gasteiger partial charge in [0, 0.05) is 17.5 Å². The molecule has 0 atom stereocenters. The van der Waals surface area contributed by atoms with Crippen molar-refractivity contribution < 1.29 is 4.79 Å². The van der Waals surface area contributed by atoms with Gasteiger partial charge in [-0.3, -0.25) is 4.79 Å². The van der Waals surface area contributed by atoms with Crippen LogP contribution in [0, 0.1) is 0 Å². The second kappa shape index (κ2) is 2.79. The van der Waals surface area contributed by atoms with Gasteiger partial charge in [0.05, 0.1) is 6.54 Å². The second-order valence-corrected chi connectivity index (χ2v) is 3.53. The first kappa shape index (κ1) is 7.61. The number of nitrogens with zero attached hydrogens (tertiary/aromatic N) is 2. The van der Waals surface area contributed by atoms with Crippen LogP contribution in [-0.2, 0) is 4.79 Å². The van der Waals surface area contributed by atoms with E-state index in [1.165, 1.54) is 0 Å². The van der Waals surface area contributed by atoms with E-state index in [1.54, 1.807) is 11.8 Å². The highest BCUT2D eigenvalue weighted by Crippen LogP contribution is 2.26. The number of fused-ring (bicyclic) bond motifs is 1. The minimum atomic E-state index is 0.664. The molecule has 62 valence electrons. The quantitative estimate of drug-likeness (QED) is 0.571. The number of thioether (sulfide) groups is 1. The summed E-state index contributed by atoms with van der Waals surface area (Å²) in [5, 5.41) is 2.94. The number of aliphatic imine (C=N–C) groups is 1. The minimum Gasteiger partial charge on any atom is -0.322 e. The summed E-state index contributed by atoms with van der Waals surface area (Å²) in [6, 6.07) is 0. The lowest BCUT2D eigenvalue weighted by atomic mass is 10.2. The summed E-state index contributed by atoms with van der Waals surface area (Å²) in [7, 11) is 0. The van der Waals surface area contributed by atoms with Crippen molar-refractivity contribution in [3.63, 3.8) is 0 Å². The number of hydrogen-bond acceptors (Lipinski definition) is 4. The van der Waals surface area contributed by atoms with E-state index >= 15 is 0 Å². The Morgan fingerprint density at radius 2 is 2.58 bits per heavy atom. The summed E-state index contributed by atoms with van der Waals surface area (Å²) in [4.78, 5) is 16.8. The molecule has 0 aromatic carbocycles. The molecule has 2 aliphatic heterocycles. The second-order valence-electron chi connectivity index (χ2n) is 2.65. The van der Waals surface area contributed by atoms with Gasteiger partial charge in [-0.2, -0.15) is 0 Å². The molecule has 0 saturated carbocycles. The number of aldehydes is 1. The Kier molecular flexibility index (Phi) is 1.77. The van der Waals surface area contributed by atoms with Crippen molar-refractivity contribution in [2.24, 2.45) is 4.99 Å². The molecule has 0 radical (unpaired) electrons. The van der Waals surface area contributed by atoms with Gasteiger partial charge in [0.25, 0.3) is 0 Å². The first-order valence-corrected chi connectivity index (χ1v) is 4.53. The van der Waals surface area contributed by atoms with Crippen molar-refractivity contribution in [1.29, 1.82) is 0 Å². The monoisotopic (exact) mass is 180 g/mol. The highest BCUT2D eigenvalue weighted by Gasteiger charge is 2.20. The van der Waals surface area contributed by atoms with Gasteiger partial charge in [0.15, 0.2) is 5.17 Å². The molecule has 12 heavy (non-hydrogen) atoms. The third kappa shape index (κ3) is 1.08. The Hall–Kier alpha value is -1.03. The Morgan fingerprint density at radius 1 is 1.75 bits per heavy atom. The van der Waals surface area contributed by atoms with Gasteiger partial charge >= 0.3 is 0 Å². The van der Waals surface area contributed by atoms with E-state index < -0.39 is 0 Å². The molecule has 3 nitrogen and oxygen atoms in total. The van der Waals surface area contributed by atoms with Gasteiger partial charge in [-0.05, 0) is 12.3 Å². The van der Waals surface area contributed by atoms with E-state index in [0.29, 0.717) is 6.54 Å². The van der Waals surface area contributed by atoms with Gasteiger partial charge in [0.1, 0.15) is 6.29 Å². The number of allylic oxidation sites excluding steroid dienone is 1. The molecule has 0 N–H and O–H groups in total. The van der Waals surface area contributed by atoms with Crippen LogP contribution in [0.25, 0.3) is 0 Å². The molecule has 4 heteroatoms. The Labute approximate surface area is 74.8 Å². The fraction of sp³-hybridized carbons (Fsp3) is 0.250.